The molecule has 1 aliphatic rings. The number of unbranched alkanes of at least 4 members (excludes halogenated alkanes) is 8. The van der Waals surface area contributed by atoms with Gasteiger partial charge in [-0.3, -0.25) is 0 Å². The summed E-state index contributed by atoms with van der Waals surface area (Å²) in [4.78, 5) is 12.8. The molecule has 216 valence electrons. The van der Waals surface area contributed by atoms with Gasteiger partial charge in [-0.15, -0.1) is 0 Å². The molecule has 0 aromatic heterocycles. The van der Waals surface area contributed by atoms with Gasteiger partial charge >= 0.3 is 5.97 Å². The fourth-order valence-corrected chi connectivity index (χ4v) is 5.65. The predicted octanol–water partition coefficient (Wildman–Crippen LogP) is 10.1. The Kier molecular flexibility index (Phi) is 11.4. The van der Waals surface area contributed by atoms with Crippen molar-refractivity contribution in [2.45, 2.75) is 96.3 Å². The monoisotopic (exact) mass is 551 g/mol. The zero-order valence-corrected chi connectivity index (χ0v) is 24.9. The van der Waals surface area contributed by atoms with E-state index in [1.54, 1.807) is 12.1 Å². The summed E-state index contributed by atoms with van der Waals surface area (Å²) in [5.41, 5.74) is 3.26. The van der Waals surface area contributed by atoms with Gasteiger partial charge in [0.15, 0.2) is 0 Å². The number of nitrogens with zero attached hydrogens (tertiary/aromatic N) is 1. The van der Waals surface area contributed by atoms with Crippen molar-refractivity contribution in [3.05, 3.63) is 83.9 Å². The van der Waals surface area contributed by atoms with E-state index in [9.17, 15) is 10.1 Å². The number of ether oxygens (including phenoxy) is 2. The fraction of sp³-hybridized carbons (Fsp3) is 0.459. The molecule has 0 radical (unpaired) electrons. The van der Waals surface area contributed by atoms with E-state index in [0.29, 0.717) is 17.2 Å². The van der Waals surface area contributed by atoms with Crippen LogP contribution < -0.4 is 9.47 Å². The van der Waals surface area contributed by atoms with Gasteiger partial charge in [-0.25, -0.2) is 4.79 Å². The highest BCUT2D eigenvalue weighted by molar-refractivity contribution is 5.91. The average molecular weight is 552 g/mol. The van der Waals surface area contributed by atoms with Crippen molar-refractivity contribution >= 4 is 5.97 Å². The standard InChI is InChI=1S/C37H45NO3/c1-3-5-7-9-10-12-26-40-34-22-18-30(19-23-34)29-14-16-31(17-15-29)36(39)41-35-24-20-32(21-25-35)37(28-38)27-33(37)13-11-8-6-4-2/h14-25,33H,3-13,26-27H2,1-2H3/t33-,37+/m1/s1. The minimum absolute atomic E-state index is 0.372. The second-order valence-corrected chi connectivity index (χ2v) is 11.5. The van der Waals surface area contributed by atoms with Crippen LogP contribution in [0, 0.1) is 17.2 Å². The van der Waals surface area contributed by atoms with Crippen molar-refractivity contribution in [3.63, 3.8) is 0 Å². The first-order valence-corrected chi connectivity index (χ1v) is 15.7. The summed E-state index contributed by atoms with van der Waals surface area (Å²) in [7, 11) is 0. The van der Waals surface area contributed by atoms with E-state index in [2.05, 4.69) is 32.0 Å². The maximum Gasteiger partial charge on any atom is 0.343 e. The molecule has 3 aromatic carbocycles. The van der Waals surface area contributed by atoms with Crippen LogP contribution in [0.15, 0.2) is 72.8 Å². The Morgan fingerprint density at radius 3 is 1.95 bits per heavy atom. The van der Waals surface area contributed by atoms with Gasteiger partial charge < -0.3 is 9.47 Å². The molecule has 0 N–H and O–H groups in total. The predicted molar refractivity (Wildman–Crippen MR) is 166 cm³/mol. The maximum absolute atomic E-state index is 12.8. The van der Waals surface area contributed by atoms with E-state index >= 15 is 0 Å². The fourth-order valence-electron chi connectivity index (χ4n) is 5.65. The first-order chi connectivity index (χ1) is 20.1. The summed E-state index contributed by atoms with van der Waals surface area (Å²) in [6.07, 6.45) is 14.5. The van der Waals surface area contributed by atoms with Crippen molar-refractivity contribution in [2.24, 2.45) is 5.92 Å². The molecule has 3 aromatic rings. The van der Waals surface area contributed by atoms with E-state index in [1.807, 2.05) is 48.5 Å². The van der Waals surface area contributed by atoms with E-state index in [-0.39, 0.29) is 5.41 Å². The van der Waals surface area contributed by atoms with Crippen LogP contribution >= 0.6 is 0 Å². The number of nitriles is 1. The normalized spacial score (nSPS) is 17.5. The van der Waals surface area contributed by atoms with Gasteiger partial charge in [-0.2, -0.15) is 5.26 Å². The number of rotatable bonds is 17. The van der Waals surface area contributed by atoms with Crippen molar-refractivity contribution in [1.29, 1.82) is 5.26 Å². The summed E-state index contributed by atoms with van der Waals surface area (Å²) in [5, 5.41) is 9.90. The van der Waals surface area contributed by atoms with E-state index in [0.717, 1.165) is 48.3 Å². The van der Waals surface area contributed by atoms with Crippen LogP contribution in [0.1, 0.15) is 107 Å². The first-order valence-electron chi connectivity index (χ1n) is 15.7. The number of hydrogen-bond donors (Lipinski definition) is 0. The summed E-state index contributed by atoms with van der Waals surface area (Å²) >= 11 is 0. The number of esters is 1. The molecule has 0 heterocycles. The quantitative estimate of drug-likeness (QED) is 0.0951. The Morgan fingerprint density at radius 1 is 0.756 bits per heavy atom. The molecular formula is C37H45NO3. The highest BCUT2D eigenvalue weighted by Gasteiger charge is 2.55. The molecule has 0 spiro atoms. The van der Waals surface area contributed by atoms with Crippen LogP contribution in [0.4, 0.5) is 0 Å². The van der Waals surface area contributed by atoms with E-state index in [4.69, 9.17) is 9.47 Å². The van der Waals surface area contributed by atoms with Gasteiger partial charge in [0, 0.05) is 0 Å². The topological polar surface area (TPSA) is 59.3 Å². The van der Waals surface area contributed by atoms with Crippen LogP contribution in [0.2, 0.25) is 0 Å². The molecule has 0 amide bonds. The lowest BCUT2D eigenvalue weighted by Crippen LogP contribution is -2.10. The molecular weight excluding hydrogens is 506 g/mol. The van der Waals surface area contributed by atoms with Crippen molar-refractivity contribution in [3.8, 4) is 28.7 Å². The van der Waals surface area contributed by atoms with E-state index in [1.165, 1.54) is 57.8 Å². The smallest absolute Gasteiger partial charge is 0.343 e. The van der Waals surface area contributed by atoms with Crippen molar-refractivity contribution in [2.75, 3.05) is 6.61 Å². The molecule has 0 unspecified atom stereocenters. The van der Waals surface area contributed by atoms with Crippen molar-refractivity contribution < 1.29 is 14.3 Å². The zero-order chi connectivity index (χ0) is 28.9. The molecule has 4 nitrogen and oxygen atoms in total. The summed E-state index contributed by atoms with van der Waals surface area (Å²) in [6.45, 7) is 5.21. The van der Waals surface area contributed by atoms with Gasteiger partial charge in [0.05, 0.1) is 23.7 Å². The highest BCUT2D eigenvalue weighted by atomic mass is 16.5. The number of hydrogen-bond acceptors (Lipinski definition) is 4. The lowest BCUT2D eigenvalue weighted by Gasteiger charge is -2.11. The Labute approximate surface area is 246 Å². The lowest BCUT2D eigenvalue weighted by atomic mass is 9.93. The maximum atomic E-state index is 12.8. The number of benzene rings is 3. The third-order valence-electron chi connectivity index (χ3n) is 8.37. The third kappa shape index (κ3) is 8.46. The Balaban J connectivity index is 1.25. The van der Waals surface area contributed by atoms with Gasteiger partial charge in [-0.1, -0.05) is 108 Å². The van der Waals surface area contributed by atoms with Crippen LogP contribution in [0.25, 0.3) is 11.1 Å². The molecule has 1 fully saturated rings. The highest BCUT2D eigenvalue weighted by Crippen LogP contribution is 2.56. The summed E-state index contributed by atoms with van der Waals surface area (Å²) in [5.74, 6) is 1.43. The Bertz CT molecular complexity index is 1260. The first kappa shape index (κ1) is 30.4. The van der Waals surface area contributed by atoms with Crippen LogP contribution in [0.5, 0.6) is 11.5 Å². The summed E-state index contributed by atoms with van der Waals surface area (Å²) in [6, 6.07) is 25.7. The van der Waals surface area contributed by atoms with Crippen LogP contribution in [0.3, 0.4) is 0 Å². The SMILES string of the molecule is CCCCCCCCOc1ccc(-c2ccc(C(=O)Oc3ccc([C@@]4(C#N)C[C@H]4CCCCCC)cc3)cc2)cc1. The second kappa shape index (κ2) is 15.4. The molecule has 0 aliphatic heterocycles. The largest absolute Gasteiger partial charge is 0.494 e. The molecule has 0 bridgehead atoms. The van der Waals surface area contributed by atoms with Gasteiger partial charge in [0.25, 0.3) is 0 Å². The van der Waals surface area contributed by atoms with Crippen LogP contribution in [-0.2, 0) is 5.41 Å². The third-order valence-corrected chi connectivity index (χ3v) is 8.37. The van der Waals surface area contributed by atoms with Gasteiger partial charge in [0.1, 0.15) is 11.5 Å². The molecule has 4 heteroatoms. The molecule has 1 aliphatic carbocycles. The second-order valence-electron chi connectivity index (χ2n) is 11.5. The number of carbonyl (C=O) groups is 1. The molecule has 0 saturated heterocycles. The Hall–Kier alpha value is -3.58. The van der Waals surface area contributed by atoms with Crippen molar-refractivity contribution in [1.82, 2.24) is 0 Å². The minimum atomic E-state index is -0.391. The zero-order valence-electron chi connectivity index (χ0n) is 24.9. The van der Waals surface area contributed by atoms with Gasteiger partial charge in [0.2, 0.25) is 0 Å². The minimum Gasteiger partial charge on any atom is -0.494 e. The Morgan fingerprint density at radius 2 is 1.32 bits per heavy atom. The lowest BCUT2D eigenvalue weighted by molar-refractivity contribution is 0.0734. The van der Waals surface area contributed by atoms with Crippen LogP contribution in [-0.4, -0.2) is 12.6 Å². The molecule has 4 rings (SSSR count). The molecule has 2 atom stereocenters. The number of carbonyl (C=O) groups excluding carboxylic acids is 1. The average Bonchev–Trinajstić information content (AvgIpc) is 3.74. The van der Waals surface area contributed by atoms with Gasteiger partial charge in [-0.05, 0) is 78.3 Å². The summed E-state index contributed by atoms with van der Waals surface area (Å²) < 4.78 is 11.5. The molecule has 1 saturated carbocycles. The molecule has 41 heavy (non-hydrogen) atoms. The van der Waals surface area contributed by atoms with E-state index < -0.39 is 5.97 Å².